The fourth-order valence-corrected chi connectivity index (χ4v) is 2.46. The molecule has 0 N–H and O–H groups in total. The molecule has 0 radical (unpaired) electrons. The lowest BCUT2D eigenvalue weighted by Crippen LogP contribution is -1.93. The Labute approximate surface area is 125 Å². The van der Waals surface area contributed by atoms with Gasteiger partial charge in [-0.25, -0.2) is 14.4 Å². The number of fused-ring (bicyclic) bond motifs is 1. The Balaban J connectivity index is 2.24. The van der Waals surface area contributed by atoms with Gasteiger partial charge >= 0.3 is 0 Å². The molecule has 0 aliphatic heterocycles. The lowest BCUT2D eigenvalue weighted by atomic mass is 10.1. The molecule has 1 heterocycles. The fraction of sp³-hybridized carbons (Fsp3) is 0.0667. The number of nitrogens with zero attached hydrogens (tertiary/aromatic N) is 2. The second-order valence-electron chi connectivity index (χ2n) is 4.52. The molecule has 1 aromatic heterocycles. The van der Waals surface area contributed by atoms with Gasteiger partial charge in [-0.3, -0.25) is 0 Å². The Hall–Kier alpha value is -1.71. The SMILES string of the molecule is Cc1cc(F)cc(-c2nc(Cl)c3cc(Cl)ccc3n2)c1. The molecule has 0 atom stereocenters. The average Bonchev–Trinajstić information content (AvgIpc) is 2.38. The molecule has 0 aliphatic rings. The molecule has 0 saturated carbocycles. The van der Waals surface area contributed by atoms with E-state index >= 15 is 0 Å². The van der Waals surface area contributed by atoms with Crippen molar-refractivity contribution in [1.29, 1.82) is 0 Å². The molecule has 0 unspecified atom stereocenters. The van der Waals surface area contributed by atoms with Gasteiger partial charge in [0.2, 0.25) is 0 Å². The van der Waals surface area contributed by atoms with Gasteiger partial charge in [-0.15, -0.1) is 0 Å². The van der Waals surface area contributed by atoms with E-state index in [4.69, 9.17) is 23.2 Å². The van der Waals surface area contributed by atoms with Gasteiger partial charge in [0, 0.05) is 16.0 Å². The van der Waals surface area contributed by atoms with Crippen LogP contribution < -0.4 is 0 Å². The molecule has 5 heteroatoms. The monoisotopic (exact) mass is 306 g/mol. The van der Waals surface area contributed by atoms with Gasteiger partial charge in [0.1, 0.15) is 11.0 Å². The molecule has 2 aromatic carbocycles. The van der Waals surface area contributed by atoms with Crippen molar-refractivity contribution in [2.75, 3.05) is 0 Å². The number of benzene rings is 2. The standard InChI is InChI=1S/C15H9Cl2FN2/c1-8-4-9(6-11(18)5-8)15-19-13-3-2-10(16)7-12(13)14(17)20-15/h2-7H,1H3. The number of hydrogen-bond donors (Lipinski definition) is 0. The van der Waals surface area contributed by atoms with E-state index < -0.39 is 0 Å². The number of halogens is 3. The first-order chi connectivity index (χ1) is 9.52. The molecule has 3 aromatic rings. The molecule has 0 amide bonds. The molecule has 0 saturated heterocycles. The van der Waals surface area contributed by atoms with Gasteiger partial charge in [-0.2, -0.15) is 0 Å². The van der Waals surface area contributed by atoms with Gasteiger partial charge in [0.05, 0.1) is 5.52 Å². The van der Waals surface area contributed by atoms with Crippen LogP contribution in [0.2, 0.25) is 10.2 Å². The summed E-state index contributed by atoms with van der Waals surface area (Å²) in [6, 6.07) is 9.86. The number of aryl methyl sites for hydroxylation is 1. The zero-order chi connectivity index (χ0) is 14.3. The van der Waals surface area contributed by atoms with Crippen LogP contribution in [0.3, 0.4) is 0 Å². The predicted octanol–water partition coefficient (Wildman–Crippen LogP) is 5.05. The second-order valence-corrected chi connectivity index (χ2v) is 5.31. The maximum Gasteiger partial charge on any atom is 0.161 e. The molecular formula is C15H9Cl2FN2. The first-order valence-corrected chi connectivity index (χ1v) is 6.69. The third kappa shape index (κ3) is 2.47. The summed E-state index contributed by atoms with van der Waals surface area (Å²) in [6.07, 6.45) is 0. The van der Waals surface area contributed by atoms with Crippen LogP contribution >= 0.6 is 23.2 Å². The van der Waals surface area contributed by atoms with E-state index in [1.54, 1.807) is 18.2 Å². The van der Waals surface area contributed by atoms with E-state index in [1.807, 2.05) is 13.0 Å². The Morgan fingerprint density at radius 2 is 1.80 bits per heavy atom. The van der Waals surface area contributed by atoms with Crippen LogP contribution in [0.5, 0.6) is 0 Å². The van der Waals surface area contributed by atoms with Gasteiger partial charge in [0.25, 0.3) is 0 Å². The van der Waals surface area contributed by atoms with E-state index in [9.17, 15) is 4.39 Å². The van der Waals surface area contributed by atoms with E-state index in [2.05, 4.69) is 9.97 Å². The van der Waals surface area contributed by atoms with Gasteiger partial charge < -0.3 is 0 Å². The second kappa shape index (κ2) is 5.00. The first-order valence-electron chi connectivity index (χ1n) is 5.93. The van der Waals surface area contributed by atoms with Crippen molar-refractivity contribution in [3.05, 3.63) is 58.0 Å². The van der Waals surface area contributed by atoms with E-state index in [1.165, 1.54) is 12.1 Å². The topological polar surface area (TPSA) is 25.8 Å². The van der Waals surface area contributed by atoms with Crippen LogP contribution in [0.1, 0.15) is 5.56 Å². The van der Waals surface area contributed by atoms with E-state index in [-0.39, 0.29) is 5.82 Å². The molecule has 2 nitrogen and oxygen atoms in total. The fourth-order valence-electron chi connectivity index (χ4n) is 2.06. The van der Waals surface area contributed by atoms with Crippen molar-refractivity contribution < 1.29 is 4.39 Å². The largest absolute Gasteiger partial charge is 0.228 e. The van der Waals surface area contributed by atoms with Crippen molar-refractivity contribution in [2.24, 2.45) is 0 Å². The minimum Gasteiger partial charge on any atom is -0.228 e. The number of rotatable bonds is 1. The maximum atomic E-state index is 13.5. The quantitative estimate of drug-likeness (QED) is 0.588. The Morgan fingerprint density at radius 1 is 1.00 bits per heavy atom. The average molecular weight is 307 g/mol. The van der Waals surface area contributed by atoms with Crippen molar-refractivity contribution in [2.45, 2.75) is 6.92 Å². The summed E-state index contributed by atoms with van der Waals surface area (Å²) < 4.78 is 13.5. The van der Waals surface area contributed by atoms with Crippen molar-refractivity contribution in [3.8, 4) is 11.4 Å². The molecule has 3 rings (SSSR count). The first kappa shape index (κ1) is 13.3. The minimum atomic E-state index is -0.323. The molecule has 100 valence electrons. The number of hydrogen-bond acceptors (Lipinski definition) is 2. The summed E-state index contributed by atoms with van der Waals surface area (Å²) in [6.45, 7) is 1.81. The highest BCUT2D eigenvalue weighted by Gasteiger charge is 2.10. The summed E-state index contributed by atoms with van der Waals surface area (Å²) in [5.74, 6) is 0.0725. The van der Waals surface area contributed by atoms with Crippen LogP contribution in [0, 0.1) is 12.7 Å². The Bertz CT molecular complexity index is 798. The Kier molecular flexibility index (Phi) is 3.32. The highest BCUT2D eigenvalue weighted by Crippen LogP contribution is 2.27. The molecule has 0 fully saturated rings. The molecule has 20 heavy (non-hydrogen) atoms. The van der Waals surface area contributed by atoms with Crippen LogP contribution in [0.4, 0.5) is 4.39 Å². The zero-order valence-corrected chi connectivity index (χ0v) is 12.0. The van der Waals surface area contributed by atoms with Crippen LogP contribution in [0.25, 0.3) is 22.3 Å². The highest BCUT2D eigenvalue weighted by atomic mass is 35.5. The van der Waals surface area contributed by atoms with Crippen molar-refractivity contribution in [3.63, 3.8) is 0 Å². The number of aromatic nitrogens is 2. The highest BCUT2D eigenvalue weighted by molar-refractivity contribution is 6.35. The van der Waals surface area contributed by atoms with Crippen molar-refractivity contribution >= 4 is 34.1 Å². The van der Waals surface area contributed by atoms with Gasteiger partial charge in [-0.1, -0.05) is 23.2 Å². The van der Waals surface area contributed by atoms with E-state index in [0.717, 1.165) is 5.56 Å². The van der Waals surface area contributed by atoms with Gasteiger partial charge in [0.15, 0.2) is 5.82 Å². The summed E-state index contributed by atoms with van der Waals surface area (Å²) in [4.78, 5) is 8.63. The zero-order valence-electron chi connectivity index (χ0n) is 10.5. The Morgan fingerprint density at radius 3 is 2.55 bits per heavy atom. The molecular weight excluding hydrogens is 298 g/mol. The summed E-state index contributed by atoms with van der Waals surface area (Å²) in [5.41, 5.74) is 2.07. The van der Waals surface area contributed by atoms with E-state index in [0.29, 0.717) is 32.5 Å². The molecule has 0 spiro atoms. The minimum absolute atomic E-state index is 0.300. The predicted molar refractivity (Wildman–Crippen MR) is 79.7 cm³/mol. The normalized spacial score (nSPS) is 11.0. The van der Waals surface area contributed by atoms with Crippen LogP contribution in [-0.4, -0.2) is 9.97 Å². The molecule has 0 aliphatic carbocycles. The van der Waals surface area contributed by atoms with Gasteiger partial charge in [-0.05, 0) is 48.9 Å². The van der Waals surface area contributed by atoms with Crippen molar-refractivity contribution in [1.82, 2.24) is 9.97 Å². The third-order valence-electron chi connectivity index (χ3n) is 2.91. The summed E-state index contributed by atoms with van der Waals surface area (Å²) >= 11 is 12.1. The third-order valence-corrected chi connectivity index (χ3v) is 3.43. The smallest absolute Gasteiger partial charge is 0.161 e. The van der Waals surface area contributed by atoms with Crippen LogP contribution in [0.15, 0.2) is 36.4 Å². The lowest BCUT2D eigenvalue weighted by molar-refractivity contribution is 0.627. The molecule has 0 bridgehead atoms. The summed E-state index contributed by atoms with van der Waals surface area (Å²) in [7, 11) is 0. The lowest BCUT2D eigenvalue weighted by Gasteiger charge is -2.06. The van der Waals surface area contributed by atoms with Crippen LogP contribution in [-0.2, 0) is 0 Å². The maximum absolute atomic E-state index is 13.5. The summed E-state index contributed by atoms with van der Waals surface area (Å²) in [5, 5.41) is 1.54.